The first-order chi connectivity index (χ1) is 10.7. The second kappa shape index (κ2) is 6.44. The fourth-order valence-electron chi connectivity index (χ4n) is 3.37. The Labute approximate surface area is 135 Å². The van der Waals surface area contributed by atoms with Crippen molar-refractivity contribution >= 4 is 17.5 Å². The largest absolute Gasteiger partial charge is 0.497 e. The van der Waals surface area contributed by atoms with Crippen LogP contribution in [0, 0.1) is 0 Å². The quantitative estimate of drug-likeness (QED) is 0.856. The lowest BCUT2D eigenvalue weighted by molar-refractivity contribution is -0.0946. The van der Waals surface area contributed by atoms with Gasteiger partial charge in [-0.05, 0) is 31.0 Å². The number of ether oxygens (including phenoxy) is 3. The highest BCUT2D eigenvalue weighted by molar-refractivity contribution is 6.33. The lowest BCUT2D eigenvalue weighted by Gasteiger charge is -2.39. The topological polar surface area (TPSA) is 48.0 Å². The van der Waals surface area contributed by atoms with Gasteiger partial charge < -0.3 is 19.1 Å². The Hall–Kier alpha value is -1.30. The summed E-state index contributed by atoms with van der Waals surface area (Å²) in [4.78, 5) is 14.8. The van der Waals surface area contributed by atoms with E-state index in [4.69, 9.17) is 25.8 Å². The number of carbonyl (C=O) groups is 1. The summed E-state index contributed by atoms with van der Waals surface area (Å²) in [5.74, 6) is 0.553. The van der Waals surface area contributed by atoms with Crippen LogP contribution in [0.5, 0.6) is 5.75 Å². The van der Waals surface area contributed by atoms with Crippen molar-refractivity contribution in [2.45, 2.75) is 31.1 Å². The van der Waals surface area contributed by atoms with Crippen LogP contribution >= 0.6 is 11.6 Å². The van der Waals surface area contributed by atoms with Crippen molar-refractivity contribution in [2.75, 3.05) is 27.4 Å². The summed E-state index contributed by atoms with van der Waals surface area (Å²) < 4.78 is 16.5. The molecule has 0 aromatic heterocycles. The van der Waals surface area contributed by atoms with Crippen LogP contribution in [-0.4, -0.2) is 56.4 Å². The van der Waals surface area contributed by atoms with Gasteiger partial charge in [-0.25, -0.2) is 0 Å². The van der Waals surface area contributed by atoms with Gasteiger partial charge in [-0.1, -0.05) is 11.6 Å². The van der Waals surface area contributed by atoms with E-state index in [-0.39, 0.29) is 24.2 Å². The molecule has 0 bridgehead atoms. The summed E-state index contributed by atoms with van der Waals surface area (Å²) in [7, 11) is 3.26. The molecule has 22 heavy (non-hydrogen) atoms. The second-order valence-corrected chi connectivity index (χ2v) is 6.01. The van der Waals surface area contributed by atoms with Crippen molar-refractivity contribution in [3.63, 3.8) is 0 Å². The average Bonchev–Trinajstić information content (AvgIpc) is 2.97. The molecular formula is C16H20ClNO4. The lowest BCUT2D eigenvalue weighted by atomic mass is 10.1. The zero-order valence-electron chi connectivity index (χ0n) is 12.8. The highest BCUT2D eigenvalue weighted by Crippen LogP contribution is 2.34. The predicted molar refractivity (Wildman–Crippen MR) is 82.6 cm³/mol. The minimum atomic E-state index is -0.0704. The fraction of sp³-hybridized carbons (Fsp3) is 0.562. The molecule has 0 radical (unpaired) electrons. The van der Waals surface area contributed by atoms with Crippen LogP contribution in [0.2, 0.25) is 5.02 Å². The zero-order chi connectivity index (χ0) is 15.7. The first kappa shape index (κ1) is 15.6. The van der Waals surface area contributed by atoms with E-state index in [2.05, 4.69) is 0 Å². The van der Waals surface area contributed by atoms with Gasteiger partial charge in [-0.2, -0.15) is 0 Å². The Morgan fingerprint density at radius 1 is 1.36 bits per heavy atom. The van der Waals surface area contributed by atoms with Gasteiger partial charge in [0.15, 0.2) is 0 Å². The van der Waals surface area contributed by atoms with Crippen molar-refractivity contribution in [1.29, 1.82) is 0 Å². The summed E-state index contributed by atoms with van der Waals surface area (Å²) in [5.41, 5.74) is 0.475. The summed E-state index contributed by atoms with van der Waals surface area (Å²) in [5, 5.41) is 0.440. The number of carbonyl (C=O) groups excluding carboxylic acids is 1. The molecule has 6 heteroatoms. The van der Waals surface area contributed by atoms with Gasteiger partial charge in [0, 0.05) is 13.7 Å². The lowest BCUT2D eigenvalue weighted by Crippen LogP contribution is -2.53. The summed E-state index contributed by atoms with van der Waals surface area (Å²) in [6.45, 7) is 1.10. The third-order valence-corrected chi connectivity index (χ3v) is 4.83. The summed E-state index contributed by atoms with van der Waals surface area (Å²) in [6, 6.07) is 5.18. The van der Waals surface area contributed by atoms with Crippen molar-refractivity contribution in [2.24, 2.45) is 0 Å². The molecule has 0 unspecified atom stereocenters. The molecule has 5 nitrogen and oxygen atoms in total. The molecule has 1 amide bonds. The maximum absolute atomic E-state index is 12.9. The maximum Gasteiger partial charge on any atom is 0.255 e. The average molecular weight is 326 g/mol. The fourth-order valence-corrected chi connectivity index (χ4v) is 3.57. The molecule has 1 saturated carbocycles. The van der Waals surface area contributed by atoms with Gasteiger partial charge in [0.05, 0.1) is 36.4 Å². The van der Waals surface area contributed by atoms with Gasteiger partial charge in [-0.3, -0.25) is 4.79 Å². The maximum atomic E-state index is 12.9. The van der Waals surface area contributed by atoms with E-state index in [0.29, 0.717) is 29.5 Å². The molecule has 1 aromatic rings. The molecule has 2 fully saturated rings. The van der Waals surface area contributed by atoms with Gasteiger partial charge in [-0.15, -0.1) is 0 Å². The number of methoxy groups -OCH3 is 2. The monoisotopic (exact) mass is 325 g/mol. The number of hydrogen-bond acceptors (Lipinski definition) is 4. The number of fused-ring (bicyclic) bond motifs is 1. The van der Waals surface area contributed by atoms with Gasteiger partial charge in [0.1, 0.15) is 11.9 Å². The second-order valence-electron chi connectivity index (χ2n) is 5.60. The van der Waals surface area contributed by atoms with E-state index >= 15 is 0 Å². The first-order valence-electron chi connectivity index (χ1n) is 7.44. The molecule has 0 N–H and O–H groups in total. The third kappa shape index (κ3) is 2.69. The molecule has 0 spiro atoms. The Bertz CT molecular complexity index is 565. The molecule has 1 heterocycles. The third-order valence-electron chi connectivity index (χ3n) is 4.50. The van der Waals surface area contributed by atoms with E-state index in [0.717, 1.165) is 12.8 Å². The molecule has 3 atom stereocenters. The SMILES string of the molecule is COc1ccc(Cl)c(C(=O)N2CCO[C@H]3[C@H]2CC[C@H]3OC)c1. The van der Waals surface area contributed by atoms with Gasteiger partial charge in [0.2, 0.25) is 0 Å². The van der Waals surface area contributed by atoms with Crippen LogP contribution in [0.25, 0.3) is 0 Å². The van der Waals surface area contributed by atoms with Crippen LogP contribution in [0.3, 0.4) is 0 Å². The van der Waals surface area contributed by atoms with Crippen LogP contribution < -0.4 is 4.74 Å². The van der Waals surface area contributed by atoms with E-state index < -0.39 is 0 Å². The summed E-state index contributed by atoms with van der Waals surface area (Å²) >= 11 is 6.21. The Morgan fingerprint density at radius 3 is 2.91 bits per heavy atom. The number of hydrogen-bond donors (Lipinski definition) is 0. The van der Waals surface area contributed by atoms with Gasteiger partial charge >= 0.3 is 0 Å². The smallest absolute Gasteiger partial charge is 0.255 e. The van der Waals surface area contributed by atoms with Crippen molar-refractivity contribution in [3.8, 4) is 5.75 Å². The van der Waals surface area contributed by atoms with E-state index in [1.54, 1.807) is 32.4 Å². The zero-order valence-corrected chi connectivity index (χ0v) is 13.5. The van der Waals surface area contributed by atoms with Crippen LogP contribution in [0.1, 0.15) is 23.2 Å². The minimum Gasteiger partial charge on any atom is -0.497 e. The molecule has 1 aromatic carbocycles. The number of halogens is 1. The molecule has 120 valence electrons. The molecule has 1 aliphatic carbocycles. The number of amides is 1. The number of benzene rings is 1. The molecule has 1 saturated heterocycles. The van der Waals surface area contributed by atoms with Crippen molar-refractivity contribution < 1.29 is 19.0 Å². The predicted octanol–water partition coefficient (Wildman–Crippen LogP) is 2.37. The molecule has 3 rings (SSSR count). The Balaban J connectivity index is 1.85. The van der Waals surface area contributed by atoms with Crippen molar-refractivity contribution in [1.82, 2.24) is 4.90 Å². The standard InChI is InChI=1S/C16H20ClNO4/c1-20-10-3-4-12(17)11(9-10)16(19)18-7-8-22-15-13(18)5-6-14(15)21-2/h3-4,9,13-15H,5-8H2,1-2H3/t13-,14-,15+/m1/s1. The van der Waals surface area contributed by atoms with Crippen LogP contribution in [0.4, 0.5) is 0 Å². The number of rotatable bonds is 3. The van der Waals surface area contributed by atoms with Crippen molar-refractivity contribution in [3.05, 3.63) is 28.8 Å². The Morgan fingerprint density at radius 2 is 2.18 bits per heavy atom. The van der Waals surface area contributed by atoms with Crippen LogP contribution in [0.15, 0.2) is 18.2 Å². The Kier molecular flexibility index (Phi) is 4.57. The highest BCUT2D eigenvalue weighted by Gasteiger charge is 2.44. The molecule has 2 aliphatic rings. The van der Waals surface area contributed by atoms with E-state index in [1.807, 2.05) is 4.90 Å². The number of morpholine rings is 1. The van der Waals surface area contributed by atoms with E-state index in [1.165, 1.54) is 0 Å². The highest BCUT2D eigenvalue weighted by atomic mass is 35.5. The number of nitrogens with zero attached hydrogens (tertiary/aromatic N) is 1. The molecule has 1 aliphatic heterocycles. The van der Waals surface area contributed by atoms with E-state index in [9.17, 15) is 4.79 Å². The molecular weight excluding hydrogens is 306 g/mol. The first-order valence-corrected chi connectivity index (χ1v) is 7.82. The van der Waals surface area contributed by atoms with Gasteiger partial charge in [0.25, 0.3) is 5.91 Å². The van der Waals surface area contributed by atoms with Crippen LogP contribution in [-0.2, 0) is 9.47 Å². The minimum absolute atomic E-state index is 0.0490. The summed E-state index contributed by atoms with van der Waals surface area (Å²) in [6.07, 6.45) is 1.80. The normalized spacial score (nSPS) is 27.6.